The lowest BCUT2D eigenvalue weighted by atomic mass is 10.1. The predicted octanol–water partition coefficient (Wildman–Crippen LogP) is 2.95. The van der Waals surface area contributed by atoms with Crippen LogP contribution in [0.1, 0.15) is 17.9 Å². The highest BCUT2D eigenvalue weighted by Gasteiger charge is 2.45. The third kappa shape index (κ3) is 3.54. The van der Waals surface area contributed by atoms with Crippen LogP contribution in [0.3, 0.4) is 0 Å². The Labute approximate surface area is 178 Å². The summed E-state index contributed by atoms with van der Waals surface area (Å²) >= 11 is 0. The lowest BCUT2D eigenvalue weighted by molar-refractivity contribution is -0.117. The van der Waals surface area contributed by atoms with Crippen molar-refractivity contribution in [2.45, 2.75) is 12.3 Å². The van der Waals surface area contributed by atoms with Gasteiger partial charge in [0.2, 0.25) is 11.8 Å². The molecule has 0 saturated heterocycles. The number of carbonyl (C=O) groups is 1. The van der Waals surface area contributed by atoms with Gasteiger partial charge in [-0.3, -0.25) is 4.79 Å². The molecule has 9 nitrogen and oxygen atoms in total. The molecular formula is C22H20N6O3. The van der Waals surface area contributed by atoms with Gasteiger partial charge in [-0.15, -0.1) is 0 Å². The minimum absolute atomic E-state index is 0.00429. The van der Waals surface area contributed by atoms with Gasteiger partial charge in [0.05, 0.1) is 25.5 Å². The Hall–Kier alpha value is -4.01. The number of nitrogens with one attached hydrogen (secondary N) is 1. The largest absolute Gasteiger partial charge is 0.480 e. The lowest BCUT2D eigenvalue weighted by Crippen LogP contribution is -2.14. The first-order valence-corrected chi connectivity index (χ1v) is 9.83. The van der Waals surface area contributed by atoms with Gasteiger partial charge in [-0.1, -0.05) is 18.2 Å². The molecule has 1 aliphatic carbocycles. The Kier molecular flexibility index (Phi) is 4.70. The summed E-state index contributed by atoms with van der Waals surface area (Å²) in [6, 6.07) is 11.6. The Morgan fingerprint density at radius 3 is 2.77 bits per heavy atom. The van der Waals surface area contributed by atoms with E-state index in [1.807, 2.05) is 36.4 Å². The number of fused-ring (bicyclic) bond motifs is 1. The van der Waals surface area contributed by atoms with E-state index in [1.165, 1.54) is 14.2 Å². The third-order valence-corrected chi connectivity index (χ3v) is 5.34. The van der Waals surface area contributed by atoms with Crippen LogP contribution >= 0.6 is 0 Å². The van der Waals surface area contributed by atoms with E-state index in [9.17, 15) is 4.79 Å². The molecule has 0 unspecified atom stereocenters. The SMILES string of the molecule is COc1ncc(-c2cc([C@H]3C[C@@H]3C(=O)Nc3ccccc3)c3nccn3n2)c(OC)n1. The maximum atomic E-state index is 12.8. The van der Waals surface area contributed by atoms with Gasteiger partial charge in [-0.25, -0.2) is 14.5 Å². The molecule has 3 heterocycles. The number of rotatable bonds is 6. The summed E-state index contributed by atoms with van der Waals surface area (Å²) in [5.74, 6) is 0.300. The van der Waals surface area contributed by atoms with Crippen LogP contribution in [0.25, 0.3) is 16.9 Å². The highest BCUT2D eigenvalue weighted by Crippen LogP contribution is 2.49. The number of aromatic nitrogens is 5. The molecule has 0 radical (unpaired) electrons. The first-order chi connectivity index (χ1) is 15.2. The number of anilines is 1. The van der Waals surface area contributed by atoms with Gasteiger partial charge >= 0.3 is 6.01 Å². The zero-order chi connectivity index (χ0) is 21.4. The normalized spacial score (nSPS) is 17.4. The molecule has 1 N–H and O–H groups in total. The molecule has 1 aromatic carbocycles. The number of ether oxygens (including phenoxy) is 2. The smallest absolute Gasteiger partial charge is 0.319 e. The van der Waals surface area contributed by atoms with Gasteiger partial charge < -0.3 is 14.8 Å². The molecule has 1 aliphatic rings. The Morgan fingerprint density at radius 1 is 1.16 bits per heavy atom. The van der Waals surface area contributed by atoms with Crippen LogP contribution in [0.4, 0.5) is 5.69 Å². The second-order valence-corrected chi connectivity index (χ2v) is 7.26. The van der Waals surface area contributed by atoms with Crippen LogP contribution in [-0.4, -0.2) is 44.7 Å². The summed E-state index contributed by atoms with van der Waals surface area (Å²) in [5.41, 5.74) is 3.75. The van der Waals surface area contributed by atoms with Gasteiger partial charge in [0.15, 0.2) is 5.65 Å². The van der Waals surface area contributed by atoms with Gasteiger partial charge in [0, 0.05) is 41.7 Å². The number of imidazole rings is 1. The van der Waals surface area contributed by atoms with Crippen LogP contribution in [0, 0.1) is 5.92 Å². The van der Waals surface area contributed by atoms with Crippen molar-refractivity contribution in [1.82, 2.24) is 24.6 Å². The Balaban J connectivity index is 1.48. The van der Waals surface area contributed by atoms with Crippen LogP contribution in [0.5, 0.6) is 11.9 Å². The van der Waals surface area contributed by atoms with Crippen molar-refractivity contribution in [3.63, 3.8) is 0 Å². The lowest BCUT2D eigenvalue weighted by Gasteiger charge is -2.10. The topological polar surface area (TPSA) is 104 Å². The molecule has 3 aromatic heterocycles. The quantitative estimate of drug-likeness (QED) is 0.515. The summed E-state index contributed by atoms with van der Waals surface area (Å²) in [5, 5.41) is 7.62. The van der Waals surface area contributed by atoms with E-state index < -0.39 is 0 Å². The molecule has 4 aromatic rings. The zero-order valence-corrected chi connectivity index (χ0v) is 17.0. The van der Waals surface area contributed by atoms with Crippen molar-refractivity contribution in [2.75, 3.05) is 19.5 Å². The molecule has 2 atom stereocenters. The van der Waals surface area contributed by atoms with Crippen LogP contribution in [-0.2, 0) is 4.79 Å². The van der Waals surface area contributed by atoms with Crippen LogP contribution < -0.4 is 14.8 Å². The molecule has 0 spiro atoms. The minimum Gasteiger partial charge on any atom is -0.480 e. The van der Waals surface area contributed by atoms with E-state index in [0.29, 0.717) is 17.1 Å². The summed E-state index contributed by atoms with van der Waals surface area (Å²) in [4.78, 5) is 25.6. The fourth-order valence-electron chi connectivity index (χ4n) is 3.71. The number of nitrogens with zero attached hydrogens (tertiary/aromatic N) is 5. The number of hydrogen-bond donors (Lipinski definition) is 1. The second-order valence-electron chi connectivity index (χ2n) is 7.26. The molecule has 1 amide bonds. The molecule has 9 heteroatoms. The van der Waals surface area contributed by atoms with Crippen molar-refractivity contribution in [1.29, 1.82) is 0 Å². The monoisotopic (exact) mass is 416 g/mol. The number of para-hydroxylation sites is 1. The number of carbonyl (C=O) groups excluding carboxylic acids is 1. The zero-order valence-electron chi connectivity index (χ0n) is 17.0. The van der Waals surface area contributed by atoms with Crippen molar-refractivity contribution >= 4 is 17.2 Å². The van der Waals surface area contributed by atoms with Gasteiger partial charge in [0.25, 0.3) is 0 Å². The van der Waals surface area contributed by atoms with E-state index in [1.54, 1.807) is 23.1 Å². The van der Waals surface area contributed by atoms with Gasteiger partial charge in [0.1, 0.15) is 0 Å². The molecule has 0 aliphatic heterocycles. The van der Waals surface area contributed by atoms with Gasteiger partial charge in [-0.2, -0.15) is 10.1 Å². The van der Waals surface area contributed by atoms with Crippen molar-refractivity contribution in [3.8, 4) is 23.1 Å². The summed E-state index contributed by atoms with van der Waals surface area (Å²) in [6.45, 7) is 0. The number of methoxy groups -OCH3 is 2. The minimum atomic E-state index is -0.120. The van der Waals surface area contributed by atoms with E-state index in [2.05, 4.69) is 25.4 Å². The molecule has 31 heavy (non-hydrogen) atoms. The van der Waals surface area contributed by atoms with E-state index in [-0.39, 0.29) is 23.8 Å². The number of amides is 1. The fraction of sp³-hybridized carbons (Fsp3) is 0.227. The number of hydrogen-bond acceptors (Lipinski definition) is 7. The molecule has 156 valence electrons. The Bertz CT molecular complexity index is 1260. The standard InChI is InChI=1S/C22H20N6O3/c1-30-21-17(12-24-22(26-21)31-2)18-11-15(19-23-8-9-28(19)27-18)14-10-16(14)20(29)25-13-6-4-3-5-7-13/h3-9,11-12,14,16H,10H2,1-2H3,(H,25,29)/t14-,16+/m1/s1. The maximum absolute atomic E-state index is 12.8. The van der Waals surface area contributed by atoms with E-state index >= 15 is 0 Å². The first-order valence-electron chi connectivity index (χ1n) is 9.83. The van der Waals surface area contributed by atoms with E-state index in [4.69, 9.17) is 9.47 Å². The first kappa shape index (κ1) is 19.0. The fourth-order valence-corrected chi connectivity index (χ4v) is 3.71. The molecule has 1 saturated carbocycles. The summed E-state index contributed by atoms with van der Waals surface area (Å²) < 4.78 is 12.2. The molecule has 0 bridgehead atoms. The average molecular weight is 416 g/mol. The van der Waals surface area contributed by atoms with Crippen molar-refractivity contribution in [2.24, 2.45) is 5.92 Å². The van der Waals surface area contributed by atoms with E-state index in [0.717, 1.165) is 23.3 Å². The molecule has 5 rings (SSSR count). The second kappa shape index (κ2) is 7.67. The predicted molar refractivity (Wildman–Crippen MR) is 113 cm³/mol. The summed E-state index contributed by atoms with van der Waals surface area (Å²) in [6.07, 6.45) is 5.84. The maximum Gasteiger partial charge on any atom is 0.319 e. The van der Waals surface area contributed by atoms with Crippen LogP contribution in [0.15, 0.2) is 55.0 Å². The highest BCUT2D eigenvalue weighted by atomic mass is 16.5. The molecule has 1 fully saturated rings. The van der Waals surface area contributed by atoms with Gasteiger partial charge in [-0.05, 0) is 24.6 Å². The summed E-state index contributed by atoms with van der Waals surface area (Å²) in [7, 11) is 3.03. The highest BCUT2D eigenvalue weighted by molar-refractivity contribution is 5.95. The average Bonchev–Trinajstić information content (AvgIpc) is 3.47. The third-order valence-electron chi connectivity index (χ3n) is 5.34. The Morgan fingerprint density at radius 2 is 2.00 bits per heavy atom. The van der Waals surface area contributed by atoms with Crippen molar-refractivity contribution in [3.05, 3.63) is 60.6 Å². The van der Waals surface area contributed by atoms with Crippen LogP contribution in [0.2, 0.25) is 0 Å². The van der Waals surface area contributed by atoms with Crippen molar-refractivity contribution < 1.29 is 14.3 Å². The number of benzene rings is 1. The molecular weight excluding hydrogens is 396 g/mol.